The monoisotopic (exact) mass is 432 g/mol. The number of pyridine rings is 1. The lowest BCUT2D eigenvalue weighted by molar-refractivity contribution is -0.158. The molecule has 0 spiro atoms. The van der Waals surface area contributed by atoms with Crippen LogP contribution in [0.5, 0.6) is 0 Å². The Hall–Kier alpha value is -2.70. The lowest BCUT2D eigenvalue weighted by Crippen LogP contribution is -2.58. The second-order valence-electron chi connectivity index (χ2n) is 10.5. The summed E-state index contributed by atoms with van der Waals surface area (Å²) >= 11 is 0. The summed E-state index contributed by atoms with van der Waals surface area (Å²) in [5.74, 6) is 6.03. The van der Waals surface area contributed by atoms with E-state index in [9.17, 15) is 4.79 Å². The van der Waals surface area contributed by atoms with Gasteiger partial charge in [-0.25, -0.2) is 15.0 Å². The molecule has 0 atom stereocenters. The van der Waals surface area contributed by atoms with Crippen molar-refractivity contribution in [2.24, 2.45) is 23.2 Å². The molecule has 7 heteroatoms. The Morgan fingerprint density at radius 3 is 2.28 bits per heavy atom. The van der Waals surface area contributed by atoms with Crippen LogP contribution < -0.4 is 10.2 Å². The third-order valence-corrected chi connectivity index (χ3v) is 8.13. The number of nitrogens with zero attached hydrogens (tertiary/aromatic N) is 5. The number of carbonyl (C=O) groups is 1. The lowest BCUT2D eigenvalue weighted by Gasteiger charge is -2.57. The van der Waals surface area contributed by atoms with Gasteiger partial charge in [0.05, 0.1) is 5.41 Å². The van der Waals surface area contributed by atoms with Gasteiger partial charge in [0.1, 0.15) is 23.3 Å². The third-order valence-electron chi connectivity index (χ3n) is 8.13. The molecule has 0 unspecified atom stereocenters. The lowest BCUT2D eigenvalue weighted by atomic mass is 9.49. The van der Waals surface area contributed by atoms with Crippen LogP contribution >= 0.6 is 0 Å². The number of piperazine rings is 1. The summed E-state index contributed by atoms with van der Waals surface area (Å²) in [6, 6.07) is 7.75. The Labute approximate surface area is 189 Å². The molecule has 0 aromatic carbocycles. The number of nitrogens with one attached hydrogen (secondary N) is 1. The molecule has 0 radical (unpaired) electrons. The van der Waals surface area contributed by atoms with Crippen LogP contribution in [0.3, 0.4) is 0 Å². The average molecular weight is 433 g/mol. The highest BCUT2D eigenvalue weighted by Gasteiger charge is 2.55. The van der Waals surface area contributed by atoms with Crippen molar-refractivity contribution in [1.82, 2.24) is 19.9 Å². The van der Waals surface area contributed by atoms with Gasteiger partial charge in [0.2, 0.25) is 5.91 Å². The summed E-state index contributed by atoms with van der Waals surface area (Å²) in [4.78, 5) is 31.6. The minimum absolute atomic E-state index is 0.0395. The molecular formula is C25H32N6O. The summed E-state index contributed by atoms with van der Waals surface area (Å²) in [6.45, 7) is 5.12. The van der Waals surface area contributed by atoms with E-state index in [2.05, 4.69) is 30.1 Å². The smallest absolute Gasteiger partial charge is 0.228 e. The van der Waals surface area contributed by atoms with Crippen LogP contribution in [0.25, 0.3) is 0 Å². The van der Waals surface area contributed by atoms with Crippen molar-refractivity contribution in [3.8, 4) is 0 Å². The van der Waals surface area contributed by atoms with Gasteiger partial charge in [0, 0.05) is 38.4 Å². The van der Waals surface area contributed by atoms with Crippen molar-refractivity contribution in [1.29, 1.82) is 0 Å². The molecule has 32 heavy (non-hydrogen) atoms. The highest BCUT2D eigenvalue weighted by atomic mass is 16.2. The number of carbonyl (C=O) groups excluding carboxylic acids is 1. The van der Waals surface area contributed by atoms with E-state index in [1.165, 1.54) is 19.3 Å². The van der Waals surface area contributed by atoms with Gasteiger partial charge in [-0.05, 0) is 75.3 Å². The predicted octanol–water partition coefficient (Wildman–Crippen LogP) is 3.79. The fourth-order valence-corrected chi connectivity index (χ4v) is 7.19. The molecular weight excluding hydrogens is 400 g/mol. The maximum Gasteiger partial charge on any atom is 0.228 e. The Kier molecular flexibility index (Phi) is 4.81. The maximum absolute atomic E-state index is 13.7. The molecule has 1 aliphatic heterocycles. The van der Waals surface area contributed by atoms with E-state index in [4.69, 9.17) is 0 Å². The fourth-order valence-electron chi connectivity index (χ4n) is 7.19. The second kappa shape index (κ2) is 7.71. The molecule has 1 N–H and O–H groups in total. The Morgan fingerprint density at radius 2 is 1.66 bits per heavy atom. The summed E-state index contributed by atoms with van der Waals surface area (Å²) in [6.07, 6.45) is 9.33. The first kappa shape index (κ1) is 19.9. The normalized spacial score (nSPS) is 31.1. The zero-order valence-electron chi connectivity index (χ0n) is 18.8. The van der Waals surface area contributed by atoms with Crippen LogP contribution in [0.1, 0.15) is 44.3 Å². The molecule has 5 fully saturated rings. The van der Waals surface area contributed by atoms with Crippen molar-refractivity contribution in [2.75, 3.05) is 36.4 Å². The number of amides is 1. The third kappa shape index (κ3) is 3.61. The Morgan fingerprint density at radius 1 is 0.969 bits per heavy atom. The molecule has 7 rings (SSSR count). The number of aryl methyl sites for hydroxylation is 1. The van der Waals surface area contributed by atoms with Gasteiger partial charge >= 0.3 is 0 Å². The van der Waals surface area contributed by atoms with Crippen molar-refractivity contribution in [2.45, 2.75) is 45.4 Å². The first-order valence-corrected chi connectivity index (χ1v) is 12.1. The van der Waals surface area contributed by atoms with Crippen LogP contribution in [0.2, 0.25) is 0 Å². The number of anilines is 3. The van der Waals surface area contributed by atoms with Crippen LogP contribution in [-0.4, -0.2) is 51.9 Å². The van der Waals surface area contributed by atoms with Crippen LogP contribution in [0, 0.1) is 30.1 Å². The highest BCUT2D eigenvalue weighted by molar-refractivity contribution is 5.83. The highest BCUT2D eigenvalue weighted by Crippen LogP contribution is 2.60. The van der Waals surface area contributed by atoms with Gasteiger partial charge in [0.25, 0.3) is 0 Å². The summed E-state index contributed by atoms with van der Waals surface area (Å²) in [5.41, 5.74) is -0.0395. The van der Waals surface area contributed by atoms with Crippen LogP contribution in [0.4, 0.5) is 17.5 Å². The Balaban J connectivity index is 1.13. The number of hydrogen-bond acceptors (Lipinski definition) is 6. The number of hydrogen-bond donors (Lipinski definition) is 1. The zero-order chi connectivity index (χ0) is 21.7. The van der Waals surface area contributed by atoms with Gasteiger partial charge < -0.3 is 15.1 Å². The minimum atomic E-state index is -0.0395. The molecule has 1 amide bonds. The van der Waals surface area contributed by atoms with Crippen LogP contribution in [-0.2, 0) is 4.79 Å². The van der Waals surface area contributed by atoms with Crippen molar-refractivity contribution < 1.29 is 4.79 Å². The molecule has 4 bridgehead atoms. The summed E-state index contributed by atoms with van der Waals surface area (Å²) in [7, 11) is 0. The van der Waals surface area contributed by atoms with E-state index in [1.807, 2.05) is 31.2 Å². The minimum Gasteiger partial charge on any atom is -0.353 e. The molecule has 4 saturated carbocycles. The van der Waals surface area contributed by atoms with E-state index in [0.29, 0.717) is 5.91 Å². The largest absolute Gasteiger partial charge is 0.353 e. The van der Waals surface area contributed by atoms with E-state index in [0.717, 1.165) is 86.5 Å². The van der Waals surface area contributed by atoms with Gasteiger partial charge in [0.15, 0.2) is 0 Å². The predicted molar refractivity (Wildman–Crippen MR) is 124 cm³/mol. The van der Waals surface area contributed by atoms with Gasteiger partial charge in [-0.1, -0.05) is 6.07 Å². The second-order valence-corrected chi connectivity index (χ2v) is 10.5. The number of aromatic nitrogens is 3. The van der Waals surface area contributed by atoms with Crippen LogP contribution in [0.15, 0.2) is 30.5 Å². The molecule has 4 aliphatic carbocycles. The SMILES string of the molecule is Cc1nc(Nc2ccccn2)cc(N2CCN(C(=O)C34CC5CC(CC(C5)C3)C4)CC2)n1. The van der Waals surface area contributed by atoms with E-state index in [1.54, 1.807) is 6.20 Å². The maximum atomic E-state index is 13.7. The van der Waals surface area contributed by atoms with Crippen molar-refractivity contribution in [3.05, 3.63) is 36.3 Å². The van der Waals surface area contributed by atoms with E-state index >= 15 is 0 Å². The summed E-state index contributed by atoms with van der Waals surface area (Å²) in [5, 5.41) is 3.27. The topological polar surface area (TPSA) is 74.2 Å². The van der Waals surface area contributed by atoms with E-state index < -0.39 is 0 Å². The zero-order valence-corrected chi connectivity index (χ0v) is 18.8. The first-order chi connectivity index (χ1) is 15.6. The summed E-state index contributed by atoms with van der Waals surface area (Å²) < 4.78 is 0. The molecule has 1 saturated heterocycles. The Bertz CT molecular complexity index is 965. The standard InChI is InChI=1S/C25H32N6O/c1-17-27-22(29-21-4-2-3-5-26-21)13-23(28-17)30-6-8-31(9-7-30)24(32)25-14-18-10-19(15-25)12-20(11-18)16-25/h2-5,13,18-20H,6-12,14-16H2,1H3,(H,26,27,28,29). The van der Waals surface area contributed by atoms with Crippen molar-refractivity contribution >= 4 is 23.4 Å². The van der Waals surface area contributed by atoms with Gasteiger partial charge in [-0.3, -0.25) is 4.79 Å². The van der Waals surface area contributed by atoms with Gasteiger partial charge in [-0.2, -0.15) is 0 Å². The first-order valence-electron chi connectivity index (χ1n) is 12.1. The van der Waals surface area contributed by atoms with Crippen molar-refractivity contribution in [3.63, 3.8) is 0 Å². The molecule has 2 aromatic rings. The molecule has 168 valence electrons. The average Bonchev–Trinajstić information content (AvgIpc) is 2.78. The fraction of sp³-hybridized carbons (Fsp3) is 0.600. The molecule has 3 heterocycles. The molecule has 7 nitrogen and oxygen atoms in total. The van der Waals surface area contributed by atoms with Gasteiger partial charge in [-0.15, -0.1) is 0 Å². The van der Waals surface area contributed by atoms with E-state index in [-0.39, 0.29) is 5.41 Å². The number of rotatable bonds is 4. The molecule has 2 aromatic heterocycles. The molecule has 5 aliphatic rings. The quantitative estimate of drug-likeness (QED) is 0.792.